The van der Waals surface area contributed by atoms with Crippen LogP contribution in [0, 0.1) is 22.7 Å². The topological polar surface area (TPSA) is 57.5 Å². The SMILES string of the molecule is CC(C)(C)[C@@H]1CC[C@@]2(C)C[C@@H]1[C@@]2(O)c1ccc(C(=O)O)cc1. The van der Waals surface area contributed by atoms with Crippen molar-refractivity contribution in [3.63, 3.8) is 0 Å². The lowest BCUT2D eigenvalue weighted by Gasteiger charge is -2.68. The van der Waals surface area contributed by atoms with Crippen LogP contribution in [0.3, 0.4) is 0 Å². The minimum atomic E-state index is -0.925. The van der Waals surface area contributed by atoms with E-state index < -0.39 is 11.6 Å². The van der Waals surface area contributed by atoms with E-state index in [0.717, 1.165) is 18.4 Å². The second-order valence-electron chi connectivity index (χ2n) is 8.53. The van der Waals surface area contributed by atoms with Crippen molar-refractivity contribution < 1.29 is 15.0 Å². The van der Waals surface area contributed by atoms with Crippen LogP contribution in [0.2, 0.25) is 0 Å². The van der Waals surface area contributed by atoms with E-state index >= 15 is 0 Å². The number of aromatic carboxylic acids is 1. The third-order valence-corrected chi connectivity index (χ3v) is 6.30. The number of carboxylic acid groups (broad SMARTS) is 1. The van der Waals surface area contributed by atoms with Gasteiger partial charge in [-0.25, -0.2) is 4.79 Å². The van der Waals surface area contributed by atoms with E-state index in [1.807, 2.05) is 0 Å². The predicted octanol–water partition coefficient (Wildman–Crippen LogP) is 4.05. The van der Waals surface area contributed by atoms with Crippen molar-refractivity contribution in [3.8, 4) is 0 Å². The summed E-state index contributed by atoms with van der Waals surface area (Å²) in [5.74, 6) is -0.161. The summed E-state index contributed by atoms with van der Waals surface area (Å²) >= 11 is 0. The van der Waals surface area contributed by atoms with Crippen molar-refractivity contribution in [1.82, 2.24) is 0 Å². The first-order valence-electron chi connectivity index (χ1n) is 8.16. The highest BCUT2D eigenvalue weighted by Crippen LogP contribution is 2.70. The minimum Gasteiger partial charge on any atom is -0.478 e. The Morgan fingerprint density at radius 2 is 1.82 bits per heavy atom. The van der Waals surface area contributed by atoms with Gasteiger partial charge in [0, 0.05) is 5.41 Å². The second kappa shape index (κ2) is 4.58. The maximum Gasteiger partial charge on any atom is 0.335 e. The molecule has 0 radical (unpaired) electrons. The smallest absolute Gasteiger partial charge is 0.335 e. The van der Waals surface area contributed by atoms with Crippen LogP contribution in [0.1, 0.15) is 62.9 Å². The van der Waals surface area contributed by atoms with Gasteiger partial charge >= 0.3 is 5.97 Å². The van der Waals surface area contributed by atoms with E-state index in [9.17, 15) is 9.90 Å². The van der Waals surface area contributed by atoms with E-state index in [-0.39, 0.29) is 22.3 Å². The third-order valence-electron chi connectivity index (χ3n) is 6.30. The van der Waals surface area contributed by atoms with Crippen molar-refractivity contribution in [1.29, 1.82) is 0 Å². The van der Waals surface area contributed by atoms with Crippen LogP contribution >= 0.6 is 0 Å². The average Bonchev–Trinajstić information content (AvgIpc) is 2.45. The van der Waals surface area contributed by atoms with Gasteiger partial charge in [-0.05, 0) is 54.2 Å². The zero-order valence-electron chi connectivity index (χ0n) is 13.9. The molecule has 4 atom stereocenters. The molecule has 0 amide bonds. The van der Waals surface area contributed by atoms with Gasteiger partial charge < -0.3 is 10.2 Å². The van der Waals surface area contributed by atoms with E-state index in [1.54, 1.807) is 24.3 Å². The lowest BCUT2D eigenvalue weighted by atomic mass is 9.38. The fourth-order valence-corrected chi connectivity index (χ4v) is 4.97. The second-order valence-corrected chi connectivity index (χ2v) is 8.53. The summed E-state index contributed by atoms with van der Waals surface area (Å²) in [6.45, 7) is 8.94. The molecule has 3 heteroatoms. The molecule has 120 valence electrons. The highest BCUT2D eigenvalue weighted by Gasteiger charge is 2.68. The van der Waals surface area contributed by atoms with E-state index in [4.69, 9.17) is 5.11 Å². The molecule has 0 spiro atoms. The van der Waals surface area contributed by atoms with Gasteiger partial charge in [0.1, 0.15) is 0 Å². The fourth-order valence-electron chi connectivity index (χ4n) is 4.97. The first-order valence-corrected chi connectivity index (χ1v) is 8.16. The van der Waals surface area contributed by atoms with Crippen molar-refractivity contribution >= 4 is 5.97 Å². The Hall–Kier alpha value is -1.35. The quantitative estimate of drug-likeness (QED) is 0.866. The van der Waals surface area contributed by atoms with Gasteiger partial charge in [0.15, 0.2) is 0 Å². The van der Waals surface area contributed by atoms with Crippen LogP contribution in [0.15, 0.2) is 24.3 Å². The molecule has 3 nitrogen and oxygen atoms in total. The Morgan fingerprint density at radius 1 is 1.23 bits per heavy atom. The summed E-state index contributed by atoms with van der Waals surface area (Å²) in [4.78, 5) is 11.0. The lowest BCUT2D eigenvalue weighted by Crippen LogP contribution is -2.67. The van der Waals surface area contributed by atoms with Gasteiger partial charge in [0.05, 0.1) is 11.2 Å². The fraction of sp³-hybridized carbons (Fsp3) is 0.632. The standard InChI is InChI=1S/C19H26O3/c1-17(2,3)14-9-10-18(4)11-15(14)19(18,22)13-7-5-12(6-8-13)16(20)21/h5-8,14-15,22H,9-11H2,1-4H3,(H,20,21)/t14-,15+,18+,19+/m1/s1. The Morgan fingerprint density at radius 3 is 2.27 bits per heavy atom. The van der Waals surface area contributed by atoms with Crippen molar-refractivity contribution in [2.24, 2.45) is 22.7 Å². The van der Waals surface area contributed by atoms with Gasteiger partial charge in [-0.1, -0.05) is 39.8 Å². The number of hydrogen-bond donors (Lipinski definition) is 2. The monoisotopic (exact) mass is 302 g/mol. The zero-order valence-corrected chi connectivity index (χ0v) is 13.9. The number of rotatable bonds is 2. The molecule has 1 aromatic rings. The van der Waals surface area contributed by atoms with Gasteiger partial charge in [-0.15, -0.1) is 0 Å². The number of carbonyl (C=O) groups is 1. The molecule has 3 aliphatic carbocycles. The van der Waals surface area contributed by atoms with E-state index in [1.165, 1.54) is 6.42 Å². The van der Waals surface area contributed by atoms with Gasteiger partial charge in [-0.3, -0.25) is 0 Å². The Bertz CT molecular complexity index is 594. The first-order chi connectivity index (χ1) is 10.1. The molecule has 4 rings (SSSR count). The van der Waals surface area contributed by atoms with E-state index in [2.05, 4.69) is 27.7 Å². The van der Waals surface area contributed by atoms with Crippen LogP contribution < -0.4 is 0 Å². The van der Waals surface area contributed by atoms with Crippen molar-refractivity contribution in [2.45, 2.75) is 52.6 Å². The molecule has 0 aromatic heterocycles. The molecule has 3 aliphatic rings. The van der Waals surface area contributed by atoms with Crippen LogP contribution in [0.25, 0.3) is 0 Å². The number of benzene rings is 1. The highest BCUT2D eigenvalue weighted by molar-refractivity contribution is 5.87. The molecule has 0 aliphatic heterocycles. The predicted molar refractivity (Wildman–Crippen MR) is 85.7 cm³/mol. The van der Waals surface area contributed by atoms with Gasteiger partial charge in [-0.2, -0.15) is 0 Å². The molecular weight excluding hydrogens is 276 g/mol. The minimum absolute atomic E-state index is 0.0792. The molecule has 1 aromatic carbocycles. The number of carboxylic acids is 1. The van der Waals surface area contributed by atoms with Crippen LogP contribution in [-0.4, -0.2) is 16.2 Å². The maximum atomic E-state index is 11.5. The zero-order chi connectivity index (χ0) is 16.3. The maximum absolute atomic E-state index is 11.5. The van der Waals surface area contributed by atoms with Gasteiger partial charge in [0.2, 0.25) is 0 Å². The summed E-state index contributed by atoms with van der Waals surface area (Å²) in [6, 6.07) is 6.83. The van der Waals surface area contributed by atoms with Gasteiger partial charge in [0.25, 0.3) is 0 Å². The molecule has 3 saturated carbocycles. The number of fused-ring (bicyclic) bond motifs is 2. The molecule has 2 N–H and O–H groups in total. The molecule has 2 bridgehead atoms. The molecule has 22 heavy (non-hydrogen) atoms. The Labute approximate surface area is 132 Å². The molecule has 0 unspecified atom stereocenters. The average molecular weight is 302 g/mol. The number of aliphatic hydroxyl groups is 1. The Kier molecular flexibility index (Phi) is 3.23. The molecular formula is C19H26O3. The lowest BCUT2D eigenvalue weighted by molar-refractivity contribution is -0.277. The summed E-state index contributed by atoms with van der Waals surface area (Å²) in [6.07, 6.45) is 3.26. The van der Waals surface area contributed by atoms with Crippen LogP contribution in [0.5, 0.6) is 0 Å². The molecule has 3 fully saturated rings. The van der Waals surface area contributed by atoms with Crippen LogP contribution in [0.4, 0.5) is 0 Å². The first kappa shape index (κ1) is 15.5. The third kappa shape index (κ3) is 1.95. The molecule has 0 heterocycles. The highest BCUT2D eigenvalue weighted by atomic mass is 16.4. The summed E-state index contributed by atoms with van der Waals surface area (Å²) < 4.78 is 0. The Balaban J connectivity index is 1.99. The molecule has 0 saturated heterocycles. The summed E-state index contributed by atoms with van der Waals surface area (Å²) in [5.41, 5.74) is 0.436. The van der Waals surface area contributed by atoms with E-state index in [0.29, 0.717) is 5.92 Å². The summed E-state index contributed by atoms with van der Waals surface area (Å²) in [7, 11) is 0. The largest absolute Gasteiger partial charge is 0.478 e. The van der Waals surface area contributed by atoms with Crippen molar-refractivity contribution in [3.05, 3.63) is 35.4 Å². The number of hydrogen-bond acceptors (Lipinski definition) is 2. The van der Waals surface area contributed by atoms with Crippen molar-refractivity contribution in [2.75, 3.05) is 0 Å². The van der Waals surface area contributed by atoms with Crippen LogP contribution in [-0.2, 0) is 5.60 Å². The normalized spacial score (nSPS) is 37.5. The summed E-state index contributed by atoms with van der Waals surface area (Å²) in [5, 5.41) is 20.6.